The molecule has 0 saturated carbocycles. The van der Waals surface area contributed by atoms with E-state index >= 15 is 0 Å². The Bertz CT molecular complexity index is 571. The largest absolute Gasteiger partial charge is 0.363 e. The summed E-state index contributed by atoms with van der Waals surface area (Å²) in [5.41, 5.74) is 0. The first kappa shape index (κ1) is 17.2. The average Bonchev–Trinajstić information content (AvgIpc) is 2.91. The van der Waals surface area contributed by atoms with Crippen molar-refractivity contribution >= 4 is 23.5 Å². The van der Waals surface area contributed by atoms with E-state index < -0.39 is 0 Å². The SMILES string of the molecule is CCC(CC)N1CC(C(=O)Nc2cc(N(C)C)ncn2)CC1=O. The van der Waals surface area contributed by atoms with E-state index in [0.717, 1.165) is 18.7 Å². The molecule has 2 heterocycles. The first-order chi connectivity index (χ1) is 11.0. The van der Waals surface area contributed by atoms with Gasteiger partial charge in [-0.1, -0.05) is 13.8 Å². The minimum absolute atomic E-state index is 0.0653. The molecule has 7 nitrogen and oxygen atoms in total. The fourth-order valence-electron chi connectivity index (χ4n) is 2.88. The van der Waals surface area contributed by atoms with Gasteiger partial charge in [0.2, 0.25) is 11.8 Å². The predicted octanol–water partition coefficient (Wildman–Crippen LogP) is 1.52. The normalized spacial score (nSPS) is 17.7. The van der Waals surface area contributed by atoms with Gasteiger partial charge in [-0.25, -0.2) is 9.97 Å². The Labute approximate surface area is 137 Å². The van der Waals surface area contributed by atoms with Gasteiger partial charge in [-0.3, -0.25) is 9.59 Å². The molecule has 0 aliphatic carbocycles. The maximum absolute atomic E-state index is 12.4. The van der Waals surface area contributed by atoms with Crippen LogP contribution in [0.5, 0.6) is 0 Å². The van der Waals surface area contributed by atoms with Crippen LogP contribution in [0.25, 0.3) is 0 Å². The van der Waals surface area contributed by atoms with Crippen LogP contribution in [-0.2, 0) is 9.59 Å². The number of likely N-dealkylation sites (tertiary alicyclic amines) is 1. The molecule has 0 radical (unpaired) electrons. The van der Waals surface area contributed by atoms with Crippen LogP contribution >= 0.6 is 0 Å². The molecule has 2 amide bonds. The second-order valence-corrected chi connectivity index (χ2v) is 6.06. The molecule has 1 aromatic heterocycles. The number of amides is 2. The zero-order chi connectivity index (χ0) is 17.0. The molecule has 1 fully saturated rings. The van der Waals surface area contributed by atoms with Crippen molar-refractivity contribution in [3.8, 4) is 0 Å². The van der Waals surface area contributed by atoms with Gasteiger partial charge in [0.1, 0.15) is 18.0 Å². The number of nitrogens with one attached hydrogen (secondary N) is 1. The van der Waals surface area contributed by atoms with Crippen LogP contribution in [0.2, 0.25) is 0 Å². The highest BCUT2D eigenvalue weighted by Gasteiger charge is 2.36. The molecule has 0 spiro atoms. The number of carbonyl (C=O) groups excluding carboxylic acids is 2. The molecule has 2 rings (SSSR count). The standard InChI is InChI=1S/C16H25N5O2/c1-5-12(6-2)21-9-11(7-15(21)22)16(23)19-13-8-14(20(3)4)18-10-17-13/h8,10-12H,5-7,9H2,1-4H3,(H,17,18,19,23). The predicted molar refractivity (Wildman–Crippen MR) is 89.2 cm³/mol. The topological polar surface area (TPSA) is 78.4 Å². The highest BCUT2D eigenvalue weighted by atomic mass is 16.2. The van der Waals surface area contributed by atoms with Crippen LogP contribution in [0.15, 0.2) is 12.4 Å². The van der Waals surface area contributed by atoms with E-state index in [9.17, 15) is 9.59 Å². The molecule has 1 atom stereocenters. The number of hydrogen-bond donors (Lipinski definition) is 1. The Morgan fingerprint density at radius 1 is 1.39 bits per heavy atom. The van der Waals surface area contributed by atoms with Gasteiger partial charge in [0, 0.05) is 39.2 Å². The molecule has 0 bridgehead atoms. The van der Waals surface area contributed by atoms with Gasteiger partial charge in [-0.2, -0.15) is 0 Å². The molecule has 126 valence electrons. The maximum atomic E-state index is 12.4. The lowest BCUT2D eigenvalue weighted by molar-refractivity contribution is -0.130. The van der Waals surface area contributed by atoms with E-state index in [2.05, 4.69) is 29.1 Å². The number of aromatic nitrogens is 2. The fourth-order valence-corrected chi connectivity index (χ4v) is 2.88. The number of rotatable bonds is 6. The van der Waals surface area contributed by atoms with Crippen molar-refractivity contribution in [2.24, 2.45) is 5.92 Å². The van der Waals surface area contributed by atoms with Gasteiger partial charge in [0.25, 0.3) is 0 Å². The lowest BCUT2D eigenvalue weighted by atomic mass is 10.1. The molecule has 1 N–H and O–H groups in total. The molecule has 1 aliphatic heterocycles. The lowest BCUT2D eigenvalue weighted by Crippen LogP contribution is -2.36. The fraction of sp³-hybridized carbons (Fsp3) is 0.625. The van der Waals surface area contributed by atoms with Crippen molar-refractivity contribution in [1.29, 1.82) is 0 Å². The second kappa shape index (κ2) is 7.39. The van der Waals surface area contributed by atoms with Crippen molar-refractivity contribution in [1.82, 2.24) is 14.9 Å². The van der Waals surface area contributed by atoms with E-state index in [4.69, 9.17) is 0 Å². The van der Waals surface area contributed by atoms with Crippen molar-refractivity contribution in [2.45, 2.75) is 39.2 Å². The third-order valence-electron chi connectivity index (χ3n) is 4.27. The minimum atomic E-state index is -0.319. The van der Waals surface area contributed by atoms with Crippen LogP contribution < -0.4 is 10.2 Å². The Morgan fingerprint density at radius 3 is 2.70 bits per heavy atom. The summed E-state index contributed by atoms with van der Waals surface area (Å²) in [4.78, 5) is 36.4. The summed E-state index contributed by atoms with van der Waals surface area (Å²) in [5.74, 6) is 0.769. The Balaban J connectivity index is 2.02. The molecule has 1 saturated heterocycles. The Kier molecular flexibility index (Phi) is 5.52. The van der Waals surface area contributed by atoms with Gasteiger partial charge in [-0.05, 0) is 12.8 Å². The quantitative estimate of drug-likeness (QED) is 0.860. The third kappa shape index (κ3) is 3.97. The first-order valence-corrected chi connectivity index (χ1v) is 8.05. The van der Waals surface area contributed by atoms with Crippen molar-refractivity contribution in [3.63, 3.8) is 0 Å². The van der Waals surface area contributed by atoms with Crippen LogP contribution in [0.4, 0.5) is 11.6 Å². The number of hydrogen-bond acceptors (Lipinski definition) is 5. The Hall–Kier alpha value is -2.18. The summed E-state index contributed by atoms with van der Waals surface area (Å²) in [6.07, 6.45) is 3.51. The zero-order valence-corrected chi connectivity index (χ0v) is 14.2. The summed E-state index contributed by atoms with van der Waals surface area (Å²) < 4.78 is 0. The number of carbonyl (C=O) groups is 2. The summed E-state index contributed by atoms with van der Waals surface area (Å²) in [6, 6.07) is 1.94. The van der Waals surface area contributed by atoms with E-state index in [0.29, 0.717) is 12.4 Å². The molecule has 1 unspecified atom stereocenters. The number of nitrogens with zero attached hydrogens (tertiary/aromatic N) is 4. The molecular weight excluding hydrogens is 294 g/mol. The van der Waals surface area contributed by atoms with Gasteiger partial charge in [0.15, 0.2) is 0 Å². The smallest absolute Gasteiger partial charge is 0.230 e. The maximum Gasteiger partial charge on any atom is 0.230 e. The first-order valence-electron chi connectivity index (χ1n) is 8.05. The van der Waals surface area contributed by atoms with E-state index in [1.807, 2.05) is 23.9 Å². The molecule has 0 aromatic carbocycles. The highest BCUT2D eigenvalue weighted by Crippen LogP contribution is 2.24. The average molecular weight is 319 g/mol. The van der Waals surface area contributed by atoms with Gasteiger partial charge >= 0.3 is 0 Å². The minimum Gasteiger partial charge on any atom is -0.363 e. The monoisotopic (exact) mass is 319 g/mol. The van der Waals surface area contributed by atoms with E-state index in [1.54, 1.807) is 6.07 Å². The zero-order valence-electron chi connectivity index (χ0n) is 14.2. The van der Waals surface area contributed by atoms with Crippen molar-refractivity contribution in [3.05, 3.63) is 12.4 Å². The molecule has 7 heteroatoms. The molecule has 1 aliphatic rings. The van der Waals surface area contributed by atoms with Gasteiger partial charge in [0.05, 0.1) is 5.92 Å². The van der Waals surface area contributed by atoms with Crippen LogP contribution in [-0.4, -0.2) is 53.4 Å². The third-order valence-corrected chi connectivity index (χ3v) is 4.27. The Morgan fingerprint density at radius 2 is 2.09 bits per heavy atom. The summed E-state index contributed by atoms with van der Waals surface area (Å²) >= 11 is 0. The van der Waals surface area contributed by atoms with Crippen LogP contribution in [0.3, 0.4) is 0 Å². The number of anilines is 2. The van der Waals surface area contributed by atoms with E-state index in [-0.39, 0.29) is 30.2 Å². The molecule has 1 aromatic rings. The van der Waals surface area contributed by atoms with Gasteiger partial charge in [-0.15, -0.1) is 0 Å². The van der Waals surface area contributed by atoms with E-state index in [1.165, 1.54) is 6.33 Å². The molecular formula is C16H25N5O2. The lowest BCUT2D eigenvalue weighted by Gasteiger charge is -2.26. The summed E-state index contributed by atoms with van der Waals surface area (Å²) in [7, 11) is 3.74. The van der Waals surface area contributed by atoms with Crippen LogP contribution in [0.1, 0.15) is 33.1 Å². The summed E-state index contributed by atoms with van der Waals surface area (Å²) in [6.45, 7) is 4.62. The molecule has 23 heavy (non-hydrogen) atoms. The van der Waals surface area contributed by atoms with Crippen molar-refractivity contribution < 1.29 is 9.59 Å². The highest BCUT2D eigenvalue weighted by molar-refractivity contribution is 5.96. The van der Waals surface area contributed by atoms with Crippen LogP contribution in [0, 0.1) is 5.92 Å². The second-order valence-electron chi connectivity index (χ2n) is 6.06. The van der Waals surface area contributed by atoms with Gasteiger partial charge < -0.3 is 15.1 Å². The van der Waals surface area contributed by atoms with Crippen molar-refractivity contribution in [2.75, 3.05) is 30.9 Å². The summed E-state index contributed by atoms with van der Waals surface area (Å²) in [5, 5.41) is 2.80.